The molecule has 1 rings (SSSR count). The van der Waals surface area contributed by atoms with Gasteiger partial charge in [-0.05, 0) is 31.4 Å². The second kappa shape index (κ2) is 5.85. The van der Waals surface area contributed by atoms with Crippen molar-refractivity contribution in [3.63, 3.8) is 0 Å². The van der Waals surface area contributed by atoms with Crippen LogP contribution in [0.2, 0.25) is 5.15 Å². The van der Waals surface area contributed by atoms with Crippen LogP contribution in [0.5, 0.6) is 0 Å². The SMILES string of the molecule is CC(C)CC(C)NC(=O)c1ccc(Cl)nc1. The van der Waals surface area contributed by atoms with Gasteiger partial charge in [0, 0.05) is 12.2 Å². The Morgan fingerprint density at radius 3 is 2.62 bits per heavy atom. The second-order valence-corrected chi connectivity index (χ2v) is 4.76. The molecule has 0 aliphatic rings. The molecule has 1 N–H and O–H groups in total. The van der Waals surface area contributed by atoms with Gasteiger partial charge in [-0.15, -0.1) is 0 Å². The van der Waals surface area contributed by atoms with E-state index in [-0.39, 0.29) is 11.9 Å². The molecule has 1 heterocycles. The van der Waals surface area contributed by atoms with Gasteiger partial charge in [-0.3, -0.25) is 4.79 Å². The molecule has 1 aromatic rings. The molecule has 1 aromatic heterocycles. The number of halogens is 1. The first-order valence-corrected chi connectivity index (χ1v) is 5.79. The molecule has 0 aliphatic heterocycles. The largest absolute Gasteiger partial charge is 0.350 e. The Labute approximate surface area is 101 Å². The molecule has 1 amide bonds. The van der Waals surface area contributed by atoms with Crippen molar-refractivity contribution in [3.8, 4) is 0 Å². The topological polar surface area (TPSA) is 42.0 Å². The summed E-state index contributed by atoms with van der Waals surface area (Å²) < 4.78 is 0. The molecular weight excluding hydrogens is 224 g/mol. The lowest BCUT2D eigenvalue weighted by molar-refractivity contribution is 0.0936. The summed E-state index contributed by atoms with van der Waals surface area (Å²) in [6, 6.07) is 3.46. The maximum Gasteiger partial charge on any atom is 0.253 e. The van der Waals surface area contributed by atoms with Crippen molar-refractivity contribution in [2.45, 2.75) is 33.2 Å². The first-order valence-electron chi connectivity index (χ1n) is 5.41. The van der Waals surface area contributed by atoms with Gasteiger partial charge >= 0.3 is 0 Å². The predicted molar refractivity (Wildman–Crippen MR) is 65.6 cm³/mol. The summed E-state index contributed by atoms with van der Waals surface area (Å²) in [5.41, 5.74) is 0.542. The van der Waals surface area contributed by atoms with E-state index < -0.39 is 0 Å². The number of nitrogens with one attached hydrogen (secondary N) is 1. The number of hydrogen-bond acceptors (Lipinski definition) is 2. The fraction of sp³-hybridized carbons (Fsp3) is 0.500. The molecule has 0 spiro atoms. The quantitative estimate of drug-likeness (QED) is 0.823. The van der Waals surface area contributed by atoms with Gasteiger partial charge in [-0.1, -0.05) is 25.4 Å². The fourth-order valence-corrected chi connectivity index (χ4v) is 1.70. The number of carbonyl (C=O) groups is 1. The Morgan fingerprint density at radius 1 is 1.44 bits per heavy atom. The van der Waals surface area contributed by atoms with E-state index in [1.54, 1.807) is 12.1 Å². The molecule has 0 saturated heterocycles. The average molecular weight is 241 g/mol. The van der Waals surface area contributed by atoms with Crippen LogP contribution in [0.4, 0.5) is 0 Å². The highest BCUT2D eigenvalue weighted by Crippen LogP contribution is 2.07. The highest BCUT2D eigenvalue weighted by molar-refractivity contribution is 6.29. The van der Waals surface area contributed by atoms with Crippen LogP contribution in [-0.4, -0.2) is 16.9 Å². The Hall–Kier alpha value is -1.09. The third kappa shape index (κ3) is 4.19. The number of amides is 1. The summed E-state index contributed by atoms with van der Waals surface area (Å²) in [5.74, 6) is 0.468. The summed E-state index contributed by atoms with van der Waals surface area (Å²) in [7, 11) is 0. The minimum atomic E-state index is -0.0997. The van der Waals surface area contributed by atoms with Crippen LogP contribution >= 0.6 is 11.6 Å². The molecule has 16 heavy (non-hydrogen) atoms. The van der Waals surface area contributed by atoms with Crippen molar-refractivity contribution in [1.29, 1.82) is 0 Å². The van der Waals surface area contributed by atoms with Gasteiger partial charge in [0.05, 0.1) is 5.56 Å². The monoisotopic (exact) mass is 240 g/mol. The van der Waals surface area contributed by atoms with Gasteiger partial charge in [-0.2, -0.15) is 0 Å². The molecule has 0 bridgehead atoms. The zero-order chi connectivity index (χ0) is 12.1. The van der Waals surface area contributed by atoms with Crippen molar-refractivity contribution in [1.82, 2.24) is 10.3 Å². The van der Waals surface area contributed by atoms with Crippen molar-refractivity contribution in [2.75, 3.05) is 0 Å². The van der Waals surface area contributed by atoms with Crippen molar-refractivity contribution >= 4 is 17.5 Å². The minimum Gasteiger partial charge on any atom is -0.350 e. The molecule has 0 radical (unpaired) electrons. The van der Waals surface area contributed by atoms with E-state index >= 15 is 0 Å². The molecular formula is C12H17ClN2O. The molecule has 0 fully saturated rings. The molecule has 4 heteroatoms. The lowest BCUT2D eigenvalue weighted by Crippen LogP contribution is -2.33. The maximum absolute atomic E-state index is 11.8. The number of rotatable bonds is 4. The Balaban J connectivity index is 2.55. The molecule has 88 valence electrons. The van der Waals surface area contributed by atoms with E-state index in [0.717, 1.165) is 6.42 Å². The molecule has 0 aliphatic carbocycles. The number of aromatic nitrogens is 1. The van der Waals surface area contributed by atoms with Gasteiger partial charge in [-0.25, -0.2) is 4.98 Å². The van der Waals surface area contributed by atoms with E-state index in [1.165, 1.54) is 6.20 Å². The van der Waals surface area contributed by atoms with Gasteiger partial charge in [0.2, 0.25) is 0 Å². The minimum absolute atomic E-state index is 0.0997. The van der Waals surface area contributed by atoms with Crippen LogP contribution in [0.1, 0.15) is 37.6 Å². The average Bonchev–Trinajstić information content (AvgIpc) is 2.16. The smallest absolute Gasteiger partial charge is 0.253 e. The molecule has 1 unspecified atom stereocenters. The lowest BCUT2D eigenvalue weighted by atomic mass is 10.1. The highest BCUT2D eigenvalue weighted by Gasteiger charge is 2.11. The first kappa shape index (κ1) is 13.0. The Kier molecular flexibility index (Phi) is 4.74. The molecule has 0 saturated carbocycles. The number of carbonyl (C=O) groups excluding carboxylic acids is 1. The van der Waals surface area contributed by atoms with Gasteiger partial charge in [0.25, 0.3) is 5.91 Å². The van der Waals surface area contributed by atoms with Crippen LogP contribution in [0.15, 0.2) is 18.3 Å². The predicted octanol–water partition coefficient (Wildman–Crippen LogP) is 2.90. The summed E-state index contributed by atoms with van der Waals surface area (Å²) in [4.78, 5) is 15.6. The second-order valence-electron chi connectivity index (χ2n) is 4.37. The number of nitrogens with zero attached hydrogens (tertiary/aromatic N) is 1. The number of pyridine rings is 1. The van der Waals surface area contributed by atoms with E-state index in [0.29, 0.717) is 16.6 Å². The van der Waals surface area contributed by atoms with E-state index in [4.69, 9.17) is 11.6 Å². The van der Waals surface area contributed by atoms with Crippen molar-refractivity contribution < 1.29 is 4.79 Å². The van der Waals surface area contributed by atoms with E-state index in [2.05, 4.69) is 24.1 Å². The fourth-order valence-electron chi connectivity index (χ4n) is 1.58. The van der Waals surface area contributed by atoms with E-state index in [9.17, 15) is 4.79 Å². The summed E-state index contributed by atoms with van der Waals surface area (Å²) in [6.07, 6.45) is 2.45. The van der Waals surface area contributed by atoms with Crippen LogP contribution in [0.3, 0.4) is 0 Å². The van der Waals surface area contributed by atoms with Gasteiger partial charge < -0.3 is 5.32 Å². The van der Waals surface area contributed by atoms with Crippen LogP contribution < -0.4 is 5.32 Å². The molecule has 0 aromatic carbocycles. The zero-order valence-corrected chi connectivity index (χ0v) is 10.6. The normalized spacial score (nSPS) is 12.6. The first-order chi connectivity index (χ1) is 7.49. The third-order valence-corrected chi connectivity index (χ3v) is 2.42. The third-order valence-electron chi connectivity index (χ3n) is 2.19. The highest BCUT2D eigenvalue weighted by atomic mass is 35.5. The van der Waals surface area contributed by atoms with Gasteiger partial charge in [0.15, 0.2) is 0 Å². The molecule has 1 atom stereocenters. The van der Waals surface area contributed by atoms with Gasteiger partial charge in [0.1, 0.15) is 5.15 Å². The van der Waals surface area contributed by atoms with Crippen LogP contribution in [-0.2, 0) is 0 Å². The van der Waals surface area contributed by atoms with Crippen molar-refractivity contribution in [2.24, 2.45) is 5.92 Å². The van der Waals surface area contributed by atoms with Crippen LogP contribution in [0.25, 0.3) is 0 Å². The summed E-state index contributed by atoms with van der Waals surface area (Å²) in [6.45, 7) is 6.26. The van der Waals surface area contributed by atoms with Crippen molar-refractivity contribution in [3.05, 3.63) is 29.0 Å². The molecule has 3 nitrogen and oxygen atoms in total. The number of hydrogen-bond donors (Lipinski definition) is 1. The summed E-state index contributed by atoms with van der Waals surface area (Å²) in [5, 5.41) is 3.32. The zero-order valence-electron chi connectivity index (χ0n) is 9.83. The van der Waals surface area contributed by atoms with E-state index in [1.807, 2.05) is 6.92 Å². The van der Waals surface area contributed by atoms with Crippen LogP contribution in [0, 0.1) is 5.92 Å². The maximum atomic E-state index is 11.8. The Bertz CT molecular complexity index is 349. The standard InChI is InChI=1S/C12H17ClN2O/c1-8(2)6-9(3)15-12(16)10-4-5-11(13)14-7-10/h4-5,7-9H,6H2,1-3H3,(H,15,16). The lowest BCUT2D eigenvalue weighted by Gasteiger charge is -2.15. The summed E-state index contributed by atoms with van der Waals surface area (Å²) >= 11 is 5.65. The Morgan fingerprint density at radius 2 is 2.12 bits per heavy atom.